The van der Waals surface area contributed by atoms with Gasteiger partial charge in [-0.25, -0.2) is 9.97 Å². The van der Waals surface area contributed by atoms with E-state index in [1.54, 1.807) is 6.20 Å². The van der Waals surface area contributed by atoms with Crippen molar-refractivity contribution in [3.63, 3.8) is 0 Å². The lowest BCUT2D eigenvalue weighted by molar-refractivity contribution is -0.123. The van der Waals surface area contributed by atoms with Gasteiger partial charge < -0.3 is 26.3 Å². The van der Waals surface area contributed by atoms with E-state index in [9.17, 15) is 4.79 Å². The normalized spacial score (nSPS) is 16.5. The molecule has 5 rings (SSSR count). The topological polar surface area (TPSA) is 125 Å². The molecule has 1 saturated heterocycles. The summed E-state index contributed by atoms with van der Waals surface area (Å²) in [5.74, 6) is 8.07. The molecule has 200 valence electrons. The lowest BCUT2D eigenvalue weighted by Gasteiger charge is -2.18. The molecule has 1 aliphatic heterocycles. The number of carbonyl (C=O) groups is 1. The molecular formula is C31H35N7O. The Morgan fingerprint density at radius 2 is 1.51 bits per heavy atom. The van der Waals surface area contributed by atoms with Gasteiger partial charge in [-0.1, -0.05) is 50.0 Å². The van der Waals surface area contributed by atoms with Crippen LogP contribution in [0.4, 0.5) is 0 Å². The van der Waals surface area contributed by atoms with E-state index in [4.69, 9.17) is 5.73 Å². The van der Waals surface area contributed by atoms with E-state index >= 15 is 0 Å². The average Bonchev–Trinajstić information content (AvgIpc) is 3.74. The van der Waals surface area contributed by atoms with Crippen LogP contribution in [0.1, 0.15) is 68.5 Å². The van der Waals surface area contributed by atoms with Crippen molar-refractivity contribution in [3.8, 4) is 34.4 Å². The lowest BCUT2D eigenvalue weighted by atomic mass is 10.0. The van der Waals surface area contributed by atoms with Crippen molar-refractivity contribution in [2.24, 2.45) is 11.7 Å². The van der Waals surface area contributed by atoms with E-state index in [0.29, 0.717) is 11.9 Å². The van der Waals surface area contributed by atoms with Crippen molar-refractivity contribution in [2.45, 2.75) is 51.7 Å². The van der Waals surface area contributed by atoms with Crippen molar-refractivity contribution in [2.75, 3.05) is 6.54 Å². The number of imidazole rings is 2. The highest BCUT2D eigenvalue weighted by molar-refractivity contribution is 5.82. The fourth-order valence-electron chi connectivity index (χ4n) is 4.57. The average molecular weight is 522 g/mol. The third-order valence-electron chi connectivity index (χ3n) is 7.11. The summed E-state index contributed by atoms with van der Waals surface area (Å²) in [5.41, 5.74) is 11.8. The monoisotopic (exact) mass is 521 g/mol. The highest BCUT2D eigenvalue weighted by Crippen LogP contribution is 2.24. The number of nitrogens with one attached hydrogen (secondary N) is 4. The highest BCUT2D eigenvalue weighted by atomic mass is 16.2. The van der Waals surface area contributed by atoms with Gasteiger partial charge in [-0.2, -0.15) is 0 Å². The third-order valence-corrected chi connectivity index (χ3v) is 7.11. The zero-order valence-corrected chi connectivity index (χ0v) is 22.6. The second-order valence-corrected chi connectivity index (χ2v) is 10.4. The molecule has 4 aromatic rings. The number of amides is 1. The molecule has 2 aromatic heterocycles. The minimum absolute atomic E-state index is 0.0692. The second-order valence-electron chi connectivity index (χ2n) is 10.4. The molecule has 0 bridgehead atoms. The number of nitrogens with two attached hydrogens (primary N) is 1. The predicted molar refractivity (Wildman–Crippen MR) is 153 cm³/mol. The van der Waals surface area contributed by atoms with Crippen molar-refractivity contribution < 1.29 is 4.79 Å². The minimum atomic E-state index is -0.544. The van der Waals surface area contributed by atoms with Crippen LogP contribution in [0.3, 0.4) is 0 Å². The van der Waals surface area contributed by atoms with Gasteiger partial charge in [-0.15, -0.1) is 0 Å². The van der Waals surface area contributed by atoms with Gasteiger partial charge in [0.05, 0.1) is 41.9 Å². The number of hydrogen-bond donors (Lipinski definition) is 5. The van der Waals surface area contributed by atoms with Gasteiger partial charge in [-0.05, 0) is 67.6 Å². The van der Waals surface area contributed by atoms with Gasteiger partial charge in [0, 0.05) is 11.1 Å². The molecule has 0 saturated carbocycles. The lowest BCUT2D eigenvalue weighted by Crippen LogP contribution is -2.44. The van der Waals surface area contributed by atoms with Crippen LogP contribution in [-0.4, -0.2) is 38.4 Å². The van der Waals surface area contributed by atoms with Crippen molar-refractivity contribution in [1.29, 1.82) is 0 Å². The van der Waals surface area contributed by atoms with Gasteiger partial charge in [0.15, 0.2) is 0 Å². The number of rotatable bonds is 7. The van der Waals surface area contributed by atoms with Gasteiger partial charge in [0.1, 0.15) is 11.6 Å². The first kappa shape index (κ1) is 26.4. The molecule has 1 amide bonds. The highest BCUT2D eigenvalue weighted by Gasteiger charge is 2.21. The van der Waals surface area contributed by atoms with Crippen LogP contribution in [0, 0.1) is 17.8 Å². The maximum absolute atomic E-state index is 12.3. The second kappa shape index (κ2) is 11.7. The molecular weight excluding hydrogens is 486 g/mol. The van der Waals surface area contributed by atoms with Gasteiger partial charge in [0.25, 0.3) is 0 Å². The van der Waals surface area contributed by atoms with Crippen LogP contribution in [0.25, 0.3) is 22.5 Å². The summed E-state index contributed by atoms with van der Waals surface area (Å²) >= 11 is 0. The Morgan fingerprint density at radius 1 is 0.923 bits per heavy atom. The predicted octanol–water partition coefficient (Wildman–Crippen LogP) is 4.45. The minimum Gasteiger partial charge on any atom is -0.345 e. The standard InChI is InChI=1S/C31H35N7O/c1-19(2)28(32)31(39)36-20(3)29-34-17-26(37-29)23-12-8-21(9-13-23)6-7-22-10-14-24(15-11-22)27-18-35-30(38-27)25-5-4-16-33-25/h8-15,17-20,25,28,33H,4-5,16,32H2,1-3H3,(H,34,37)(H,35,38)(H,36,39)/t20-,25-,28-/m0/s1. The first-order valence-corrected chi connectivity index (χ1v) is 13.5. The zero-order valence-electron chi connectivity index (χ0n) is 22.6. The Kier molecular flexibility index (Phi) is 7.92. The maximum Gasteiger partial charge on any atom is 0.237 e. The Bertz CT molecular complexity index is 1470. The van der Waals surface area contributed by atoms with Gasteiger partial charge in [0.2, 0.25) is 5.91 Å². The molecule has 8 nitrogen and oxygen atoms in total. The number of hydrogen-bond acceptors (Lipinski definition) is 5. The number of benzene rings is 2. The van der Waals surface area contributed by atoms with Gasteiger partial charge in [-0.3, -0.25) is 4.79 Å². The first-order valence-electron chi connectivity index (χ1n) is 13.5. The number of aromatic amines is 2. The largest absolute Gasteiger partial charge is 0.345 e. The van der Waals surface area contributed by atoms with Crippen LogP contribution >= 0.6 is 0 Å². The van der Waals surface area contributed by atoms with E-state index < -0.39 is 6.04 Å². The Labute approximate surface area is 229 Å². The molecule has 0 aliphatic carbocycles. The summed E-state index contributed by atoms with van der Waals surface area (Å²) in [6, 6.07) is 15.7. The first-order chi connectivity index (χ1) is 18.9. The molecule has 8 heteroatoms. The number of aromatic nitrogens is 4. The summed E-state index contributed by atoms with van der Waals surface area (Å²) in [5, 5.41) is 6.40. The fraction of sp³-hybridized carbons (Fsp3) is 0.323. The molecule has 0 radical (unpaired) electrons. The van der Waals surface area contributed by atoms with Crippen molar-refractivity contribution in [3.05, 3.63) is 83.7 Å². The summed E-state index contributed by atoms with van der Waals surface area (Å²) in [4.78, 5) is 28.0. The number of H-pyrrole nitrogens is 2. The van der Waals surface area contributed by atoms with Crippen molar-refractivity contribution in [1.82, 2.24) is 30.6 Å². The Hall–Kier alpha value is -4.19. The van der Waals surface area contributed by atoms with E-state index in [-0.39, 0.29) is 17.9 Å². The summed E-state index contributed by atoms with van der Waals surface area (Å²) < 4.78 is 0. The third kappa shape index (κ3) is 6.28. The summed E-state index contributed by atoms with van der Waals surface area (Å²) in [6.07, 6.45) is 5.99. The maximum atomic E-state index is 12.3. The van der Waals surface area contributed by atoms with Crippen LogP contribution in [0.5, 0.6) is 0 Å². The molecule has 3 heterocycles. The van der Waals surface area contributed by atoms with E-state index in [1.165, 1.54) is 6.42 Å². The molecule has 0 spiro atoms. The van der Waals surface area contributed by atoms with Gasteiger partial charge >= 0.3 is 0 Å². The summed E-state index contributed by atoms with van der Waals surface area (Å²) in [6.45, 7) is 6.79. The van der Waals surface area contributed by atoms with Crippen LogP contribution < -0.4 is 16.4 Å². The van der Waals surface area contributed by atoms with Crippen LogP contribution in [0.15, 0.2) is 60.9 Å². The number of nitrogens with zero attached hydrogens (tertiary/aromatic N) is 2. The Morgan fingerprint density at radius 3 is 2.08 bits per heavy atom. The molecule has 1 fully saturated rings. The number of carbonyl (C=O) groups excluding carboxylic acids is 1. The smallest absolute Gasteiger partial charge is 0.237 e. The SMILES string of the molecule is CC(C)[C@H](N)C(=O)N[C@@H](C)c1ncc(-c2ccc(C#Cc3ccc(-c4cnc([C@@H]5CCCN5)[nH]4)cc3)cc2)[nH]1. The molecule has 39 heavy (non-hydrogen) atoms. The molecule has 1 aliphatic rings. The molecule has 0 unspecified atom stereocenters. The molecule has 6 N–H and O–H groups in total. The van der Waals surface area contributed by atoms with Crippen molar-refractivity contribution >= 4 is 5.91 Å². The van der Waals surface area contributed by atoms with Crippen LogP contribution in [0.2, 0.25) is 0 Å². The molecule has 2 aromatic carbocycles. The fourth-order valence-corrected chi connectivity index (χ4v) is 4.57. The summed E-state index contributed by atoms with van der Waals surface area (Å²) in [7, 11) is 0. The van der Waals surface area contributed by atoms with Crippen LogP contribution in [-0.2, 0) is 4.79 Å². The molecule has 3 atom stereocenters. The quantitative estimate of drug-likeness (QED) is 0.230. The van der Waals surface area contributed by atoms with E-state index in [0.717, 1.165) is 52.4 Å². The van der Waals surface area contributed by atoms with E-state index in [2.05, 4.69) is 54.5 Å². The Balaban J connectivity index is 1.20. The van der Waals surface area contributed by atoms with E-state index in [1.807, 2.05) is 63.4 Å². The zero-order chi connectivity index (χ0) is 27.4.